The highest BCUT2D eigenvalue weighted by Crippen LogP contribution is 2.12. The Bertz CT molecular complexity index is 838. The Morgan fingerprint density at radius 2 is 1.80 bits per heavy atom. The van der Waals surface area contributed by atoms with Gasteiger partial charge >= 0.3 is 6.03 Å². The number of amides is 2. The minimum atomic E-state index is -3.35. The van der Waals surface area contributed by atoms with Crippen LogP contribution in [0.25, 0.3) is 0 Å². The van der Waals surface area contributed by atoms with E-state index in [9.17, 15) is 17.6 Å². The van der Waals surface area contributed by atoms with E-state index in [0.29, 0.717) is 12.2 Å². The van der Waals surface area contributed by atoms with Crippen molar-refractivity contribution in [1.29, 1.82) is 0 Å². The summed E-state index contributed by atoms with van der Waals surface area (Å²) < 4.78 is 37.8. The Morgan fingerprint density at radius 3 is 2.44 bits per heavy atom. The molecule has 134 valence electrons. The number of carbonyl (C=O) groups is 1. The molecule has 0 spiro atoms. The first-order valence-corrected chi connectivity index (χ1v) is 9.42. The lowest BCUT2D eigenvalue weighted by Crippen LogP contribution is -2.36. The Kier molecular flexibility index (Phi) is 5.97. The summed E-state index contributed by atoms with van der Waals surface area (Å²) in [6.07, 6.45) is 1.08. The first kappa shape index (κ1) is 18.7. The van der Waals surface area contributed by atoms with Crippen molar-refractivity contribution in [2.24, 2.45) is 0 Å². The second kappa shape index (κ2) is 7.98. The molecule has 0 fully saturated rings. The molecule has 8 heteroatoms. The smallest absolute Gasteiger partial charge is 0.317 e. The lowest BCUT2D eigenvalue weighted by atomic mass is 10.2. The molecule has 0 aromatic heterocycles. The normalized spacial score (nSPS) is 11.0. The summed E-state index contributed by atoms with van der Waals surface area (Å²) in [6, 6.07) is 12.4. The molecule has 0 saturated carbocycles. The summed E-state index contributed by atoms with van der Waals surface area (Å²) in [7, 11) is -1.71. The van der Waals surface area contributed by atoms with Crippen LogP contribution in [0.15, 0.2) is 48.5 Å². The maximum Gasteiger partial charge on any atom is 0.317 e. The lowest BCUT2D eigenvalue weighted by Gasteiger charge is -2.18. The fourth-order valence-corrected chi connectivity index (χ4v) is 2.76. The third kappa shape index (κ3) is 6.42. The first-order valence-electron chi connectivity index (χ1n) is 7.53. The van der Waals surface area contributed by atoms with Gasteiger partial charge in [-0.15, -0.1) is 0 Å². The molecule has 2 N–H and O–H groups in total. The van der Waals surface area contributed by atoms with Gasteiger partial charge in [0.25, 0.3) is 0 Å². The van der Waals surface area contributed by atoms with Crippen molar-refractivity contribution in [3.05, 3.63) is 65.5 Å². The summed E-state index contributed by atoms with van der Waals surface area (Å²) in [5.74, 6) is -0.321. The number of rotatable bonds is 6. The first-order chi connectivity index (χ1) is 11.7. The number of benzene rings is 2. The maximum absolute atomic E-state index is 12.9. The zero-order chi connectivity index (χ0) is 18.4. The van der Waals surface area contributed by atoms with Crippen molar-refractivity contribution in [1.82, 2.24) is 10.2 Å². The van der Waals surface area contributed by atoms with Gasteiger partial charge in [0.2, 0.25) is 10.0 Å². The number of halogens is 1. The van der Waals surface area contributed by atoms with E-state index in [1.54, 1.807) is 43.4 Å². The van der Waals surface area contributed by atoms with Crippen LogP contribution in [0.5, 0.6) is 0 Å². The molecular weight excluding hydrogens is 345 g/mol. The molecule has 2 rings (SSSR count). The molecule has 2 aromatic carbocycles. The molecule has 0 unspecified atom stereocenters. The monoisotopic (exact) mass is 365 g/mol. The summed E-state index contributed by atoms with van der Waals surface area (Å²) in [5.41, 5.74) is 2.02. The van der Waals surface area contributed by atoms with Crippen LogP contribution in [-0.4, -0.2) is 32.7 Å². The summed E-state index contributed by atoms with van der Waals surface area (Å²) >= 11 is 0. The molecule has 25 heavy (non-hydrogen) atoms. The number of urea groups is 1. The quantitative estimate of drug-likeness (QED) is 0.826. The van der Waals surface area contributed by atoms with Crippen LogP contribution in [0.2, 0.25) is 0 Å². The summed E-state index contributed by atoms with van der Waals surface area (Å²) in [6.45, 7) is 0.605. The number of hydrogen-bond acceptors (Lipinski definition) is 3. The molecule has 0 saturated heterocycles. The number of nitrogens with one attached hydrogen (secondary N) is 2. The van der Waals surface area contributed by atoms with Gasteiger partial charge < -0.3 is 10.2 Å². The molecule has 0 aliphatic rings. The van der Waals surface area contributed by atoms with Gasteiger partial charge in [-0.2, -0.15) is 0 Å². The van der Waals surface area contributed by atoms with Gasteiger partial charge in [-0.25, -0.2) is 17.6 Å². The highest BCUT2D eigenvalue weighted by molar-refractivity contribution is 7.92. The Balaban J connectivity index is 1.90. The van der Waals surface area contributed by atoms with Gasteiger partial charge in [0.1, 0.15) is 5.82 Å². The fraction of sp³-hybridized carbons (Fsp3) is 0.235. The fourth-order valence-electron chi connectivity index (χ4n) is 2.21. The van der Waals surface area contributed by atoms with Crippen molar-refractivity contribution in [3.8, 4) is 0 Å². The van der Waals surface area contributed by atoms with E-state index in [2.05, 4.69) is 10.0 Å². The van der Waals surface area contributed by atoms with E-state index in [1.807, 2.05) is 0 Å². The third-order valence-corrected chi connectivity index (χ3v) is 3.96. The molecule has 0 heterocycles. The largest absolute Gasteiger partial charge is 0.334 e. The molecule has 0 aliphatic carbocycles. The predicted octanol–water partition coefficient (Wildman–Crippen LogP) is 2.54. The topological polar surface area (TPSA) is 78.5 Å². The van der Waals surface area contributed by atoms with Crippen molar-refractivity contribution >= 4 is 21.7 Å². The van der Waals surface area contributed by atoms with Crippen LogP contribution in [0.1, 0.15) is 11.1 Å². The molecule has 2 amide bonds. The van der Waals surface area contributed by atoms with Crippen LogP contribution in [0, 0.1) is 5.82 Å². The van der Waals surface area contributed by atoms with Crippen LogP contribution in [0.4, 0.5) is 14.9 Å². The zero-order valence-corrected chi connectivity index (χ0v) is 14.8. The van der Waals surface area contributed by atoms with Crippen molar-refractivity contribution in [2.75, 3.05) is 18.0 Å². The van der Waals surface area contributed by atoms with Gasteiger partial charge in [0.15, 0.2) is 0 Å². The highest BCUT2D eigenvalue weighted by Gasteiger charge is 2.09. The van der Waals surface area contributed by atoms with Crippen LogP contribution < -0.4 is 10.0 Å². The lowest BCUT2D eigenvalue weighted by molar-refractivity contribution is 0.206. The number of carbonyl (C=O) groups excluding carboxylic acids is 1. The SMILES string of the molecule is CN(Cc1ccc(F)cc1)C(=O)NCc1cccc(NS(C)(=O)=O)c1. The van der Waals surface area contributed by atoms with E-state index in [0.717, 1.165) is 17.4 Å². The van der Waals surface area contributed by atoms with Gasteiger partial charge in [-0.1, -0.05) is 24.3 Å². The Morgan fingerprint density at radius 1 is 1.12 bits per heavy atom. The van der Waals surface area contributed by atoms with Gasteiger partial charge in [0.05, 0.1) is 6.26 Å². The second-order valence-corrected chi connectivity index (χ2v) is 7.46. The van der Waals surface area contributed by atoms with Gasteiger partial charge in [-0.05, 0) is 35.4 Å². The van der Waals surface area contributed by atoms with E-state index >= 15 is 0 Å². The maximum atomic E-state index is 12.9. The van der Waals surface area contributed by atoms with Crippen molar-refractivity contribution in [2.45, 2.75) is 13.1 Å². The van der Waals surface area contributed by atoms with Crippen molar-refractivity contribution < 1.29 is 17.6 Å². The molecule has 0 bridgehead atoms. The predicted molar refractivity (Wildman–Crippen MR) is 95.0 cm³/mol. The number of sulfonamides is 1. The molecule has 2 aromatic rings. The standard InChI is InChI=1S/C17H20FN3O3S/c1-21(12-13-6-8-15(18)9-7-13)17(22)19-11-14-4-3-5-16(10-14)20-25(2,23)24/h3-10,20H,11-12H2,1-2H3,(H,19,22). The Labute approximate surface area is 146 Å². The van der Waals surface area contributed by atoms with E-state index < -0.39 is 10.0 Å². The molecule has 0 radical (unpaired) electrons. The minimum Gasteiger partial charge on any atom is -0.334 e. The van der Waals surface area contributed by atoms with E-state index in [4.69, 9.17) is 0 Å². The molecule has 0 atom stereocenters. The average molecular weight is 365 g/mol. The van der Waals surface area contributed by atoms with Gasteiger partial charge in [0, 0.05) is 25.8 Å². The summed E-state index contributed by atoms with van der Waals surface area (Å²) in [4.78, 5) is 13.6. The Hall–Kier alpha value is -2.61. The van der Waals surface area contributed by atoms with Gasteiger partial charge in [-0.3, -0.25) is 4.72 Å². The molecule has 6 nitrogen and oxygen atoms in total. The van der Waals surface area contributed by atoms with E-state index in [-0.39, 0.29) is 18.4 Å². The third-order valence-electron chi connectivity index (χ3n) is 3.35. The number of hydrogen-bond donors (Lipinski definition) is 2. The second-order valence-electron chi connectivity index (χ2n) is 5.72. The molecule has 0 aliphatic heterocycles. The minimum absolute atomic E-state index is 0.256. The highest BCUT2D eigenvalue weighted by atomic mass is 32.2. The number of nitrogens with zero attached hydrogens (tertiary/aromatic N) is 1. The zero-order valence-electron chi connectivity index (χ0n) is 14.0. The van der Waals surface area contributed by atoms with E-state index in [1.165, 1.54) is 17.0 Å². The average Bonchev–Trinajstić information content (AvgIpc) is 2.53. The van der Waals surface area contributed by atoms with Crippen LogP contribution >= 0.6 is 0 Å². The number of anilines is 1. The summed E-state index contributed by atoms with van der Waals surface area (Å²) in [5, 5.41) is 2.76. The van der Waals surface area contributed by atoms with Crippen LogP contribution in [-0.2, 0) is 23.1 Å². The van der Waals surface area contributed by atoms with Crippen LogP contribution in [0.3, 0.4) is 0 Å². The molecular formula is C17H20FN3O3S. The van der Waals surface area contributed by atoms with Crippen molar-refractivity contribution in [3.63, 3.8) is 0 Å².